The molecule has 0 spiro atoms. The summed E-state index contributed by atoms with van der Waals surface area (Å²) < 4.78 is 15.5. The fourth-order valence-corrected chi connectivity index (χ4v) is 1.71. The third-order valence-corrected chi connectivity index (χ3v) is 2.71. The second-order valence-electron chi connectivity index (χ2n) is 4.06. The van der Waals surface area contributed by atoms with Crippen molar-refractivity contribution in [2.45, 2.75) is 13.3 Å². The molecule has 0 amide bonds. The number of carbonyl (C=O) groups is 1. The van der Waals surface area contributed by atoms with Gasteiger partial charge in [-0.2, -0.15) is 5.26 Å². The van der Waals surface area contributed by atoms with Gasteiger partial charge in [-0.3, -0.25) is 4.79 Å². The highest BCUT2D eigenvalue weighted by Crippen LogP contribution is 2.35. The molecule has 0 saturated heterocycles. The molecule has 0 bridgehead atoms. The molecule has 0 saturated carbocycles. The maximum atomic E-state index is 12.2. The van der Waals surface area contributed by atoms with Crippen LogP contribution >= 0.6 is 0 Å². The van der Waals surface area contributed by atoms with Gasteiger partial charge in [0.2, 0.25) is 0 Å². The standard InChI is InChI=1S/C14H17NO4/c1-9(8-15)5-11(16)14-12(18-3)6-10(17-2)7-13(14)19-4/h6-7,9H,5H2,1-4H3. The summed E-state index contributed by atoms with van der Waals surface area (Å²) in [5, 5.41) is 8.78. The van der Waals surface area contributed by atoms with Gasteiger partial charge < -0.3 is 14.2 Å². The Balaban J connectivity index is 3.24. The average Bonchev–Trinajstić information content (AvgIpc) is 2.44. The Kier molecular flexibility index (Phi) is 5.19. The van der Waals surface area contributed by atoms with E-state index in [1.54, 1.807) is 19.1 Å². The SMILES string of the molecule is COc1cc(OC)c(C(=O)CC(C)C#N)c(OC)c1. The zero-order valence-corrected chi connectivity index (χ0v) is 11.5. The first-order valence-corrected chi connectivity index (χ1v) is 5.80. The van der Waals surface area contributed by atoms with Gasteiger partial charge in [-0.25, -0.2) is 0 Å². The minimum atomic E-state index is -0.357. The van der Waals surface area contributed by atoms with Crippen LogP contribution in [0.2, 0.25) is 0 Å². The highest BCUT2D eigenvalue weighted by Gasteiger charge is 2.21. The molecular formula is C14H17NO4. The first-order chi connectivity index (χ1) is 9.07. The molecule has 0 aliphatic heterocycles. The van der Waals surface area contributed by atoms with E-state index in [0.29, 0.717) is 22.8 Å². The third kappa shape index (κ3) is 3.38. The van der Waals surface area contributed by atoms with E-state index in [1.807, 2.05) is 6.07 Å². The number of carbonyl (C=O) groups excluding carboxylic acids is 1. The van der Waals surface area contributed by atoms with Crippen molar-refractivity contribution in [2.75, 3.05) is 21.3 Å². The molecule has 0 aliphatic rings. The predicted octanol–water partition coefficient (Wildman–Crippen LogP) is 2.44. The number of rotatable bonds is 6. The summed E-state index contributed by atoms with van der Waals surface area (Å²) >= 11 is 0. The highest BCUT2D eigenvalue weighted by atomic mass is 16.5. The predicted molar refractivity (Wildman–Crippen MR) is 69.8 cm³/mol. The lowest BCUT2D eigenvalue weighted by molar-refractivity contribution is 0.0966. The van der Waals surface area contributed by atoms with Crippen LogP contribution in [0, 0.1) is 17.2 Å². The summed E-state index contributed by atoms with van der Waals surface area (Å²) in [5.74, 6) is 0.755. The van der Waals surface area contributed by atoms with Crippen LogP contribution in [-0.4, -0.2) is 27.1 Å². The molecule has 0 fully saturated rings. The fraction of sp³-hybridized carbons (Fsp3) is 0.429. The fourth-order valence-electron chi connectivity index (χ4n) is 1.71. The average molecular weight is 263 g/mol. The van der Waals surface area contributed by atoms with Crippen LogP contribution in [0.5, 0.6) is 17.2 Å². The van der Waals surface area contributed by atoms with Gasteiger partial charge >= 0.3 is 0 Å². The summed E-state index contributed by atoms with van der Waals surface area (Å²) in [4.78, 5) is 12.2. The molecule has 0 aliphatic carbocycles. The molecule has 1 aromatic carbocycles. The smallest absolute Gasteiger partial charge is 0.171 e. The number of nitriles is 1. The van der Waals surface area contributed by atoms with E-state index in [4.69, 9.17) is 19.5 Å². The number of hydrogen-bond acceptors (Lipinski definition) is 5. The Morgan fingerprint density at radius 2 is 1.74 bits per heavy atom. The number of benzene rings is 1. The lowest BCUT2D eigenvalue weighted by Gasteiger charge is -2.14. The van der Waals surface area contributed by atoms with Crippen LogP contribution in [0.15, 0.2) is 12.1 Å². The normalized spacial score (nSPS) is 11.3. The molecule has 0 N–H and O–H groups in total. The number of ether oxygens (including phenoxy) is 3. The number of ketones is 1. The van der Waals surface area contributed by atoms with Gasteiger partial charge in [-0.05, 0) is 6.92 Å². The first-order valence-electron chi connectivity index (χ1n) is 5.80. The Bertz CT molecular complexity index is 480. The van der Waals surface area contributed by atoms with Crippen molar-refractivity contribution >= 4 is 5.78 Å². The lowest BCUT2D eigenvalue weighted by Crippen LogP contribution is -2.09. The van der Waals surface area contributed by atoms with Gasteiger partial charge in [0.25, 0.3) is 0 Å². The van der Waals surface area contributed by atoms with Gasteiger partial charge in [-0.1, -0.05) is 0 Å². The molecule has 1 atom stereocenters. The van der Waals surface area contributed by atoms with E-state index in [1.165, 1.54) is 21.3 Å². The zero-order chi connectivity index (χ0) is 14.4. The van der Waals surface area contributed by atoms with Gasteiger partial charge in [0.15, 0.2) is 5.78 Å². The van der Waals surface area contributed by atoms with Gasteiger partial charge in [-0.15, -0.1) is 0 Å². The van der Waals surface area contributed by atoms with Crippen LogP contribution in [0.3, 0.4) is 0 Å². The molecule has 1 unspecified atom stereocenters. The summed E-state index contributed by atoms with van der Waals surface area (Å²) in [7, 11) is 4.46. The van der Waals surface area contributed by atoms with E-state index < -0.39 is 0 Å². The minimum absolute atomic E-state index is 0.121. The summed E-state index contributed by atoms with van der Waals surface area (Å²) in [6.45, 7) is 1.69. The Morgan fingerprint density at radius 1 is 1.21 bits per heavy atom. The van der Waals surface area contributed by atoms with Crippen LogP contribution in [-0.2, 0) is 0 Å². The van der Waals surface area contributed by atoms with Crippen LogP contribution in [0.25, 0.3) is 0 Å². The summed E-state index contributed by atoms with van der Waals surface area (Å²) in [6.07, 6.45) is 0.121. The monoisotopic (exact) mass is 263 g/mol. The van der Waals surface area contributed by atoms with Crippen molar-refractivity contribution in [3.63, 3.8) is 0 Å². The van der Waals surface area contributed by atoms with Crippen LogP contribution in [0.4, 0.5) is 0 Å². The molecule has 5 heteroatoms. The van der Waals surface area contributed by atoms with Crippen molar-refractivity contribution in [2.24, 2.45) is 5.92 Å². The minimum Gasteiger partial charge on any atom is -0.496 e. The van der Waals surface area contributed by atoms with Gasteiger partial charge in [0, 0.05) is 18.6 Å². The van der Waals surface area contributed by atoms with E-state index in [2.05, 4.69) is 0 Å². The van der Waals surface area contributed by atoms with E-state index >= 15 is 0 Å². The first kappa shape index (κ1) is 14.8. The quantitative estimate of drug-likeness (QED) is 0.737. The van der Waals surface area contributed by atoms with Crippen molar-refractivity contribution in [3.05, 3.63) is 17.7 Å². The molecule has 5 nitrogen and oxygen atoms in total. The number of hydrogen-bond donors (Lipinski definition) is 0. The number of nitrogens with zero attached hydrogens (tertiary/aromatic N) is 1. The molecule has 0 heterocycles. The van der Waals surface area contributed by atoms with E-state index in [-0.39, 0.29) is 18.1 Å². The maximum Gasteiger partial charge on any atom is 0.171 e. The highest BCUT2D eigenvalue weighted by molar-refractivity contribution is 6.01. The number of Topliss-reactive ketones (excluding diaryl/α,β-unsaturated/α-hetero) is 1. The molecule has 0 aromatic heterocycles. The molecule has 1 aromatic rings. The Hall–Kier alpha value is -2.22. The Labute approximate surface area is 112 Å². The topological polar surface area (TPSA) is 68.5 Å². The van der Waals surface area contributed by atoms with E-state index in [9.17, 15) is 4.79 Å². The second kappa shape index (κ2) is 6.64. The van der Waals surface area contributed by atoms with Gasteiger partial charge in [0.05, 0.1) is 33.3 Å². The van der Waals surface area contributed by atoms with Gasteiger partial charge in [0.1, 0.15) is 22.8 Å². The molecule has 102 valence electrons. The Morgan fingerprint density at radius 3 is 2.11 bits per heavy atom. The number of methoxy groups -OCH3 is 3. The molecule has 19 heavy (non-hydrogen) atoms. The largest absolute Gasteiger partial charge is 0.496 e. The zero-order valence-electron chi connectivity index (χ0n) is 11.5. The summed E-state index contributed by atoms with van der Waals surface area (Å²) in [6, 6.07) is 5.27. The lowest BCUT2D eigenvalue weighted by atomic mass is 9.99. The van der Waals surface area contributed by atoms with Crippen molar-refractivity contribution in [1.82, 2.24) is 0 Å². The summed E-state index contributed by atoms with van der Waals surface area (Å²) in [5.41, 5.74) is 0.341. The molecule has 1 rings (SSSR count). The second-order valence-corrected chi connectivity index (χ2v) is 4.06. The molecule has 0 radical (unpaired) electrons. The van der Waals surface area contributed by atoms with Crippen LogP contribution < -0.4 is 14.2 Å². The van der Waals surface area contributed by atoms with E-state index in [0.717, 1.165) is 0 Å². The molecular weight excluding hydrogens is 246 g/mol. The van der Waals surface area contributed by atoms with Crippen LogP contribution in [0.1, 0.15) is 23.7 Å². The van der Waals surface area contributed by atoms with Crippen molar-refractivity contribution in [1.29, 1.82) is 5.26 Å². The van der Waals surface area contributed by atoms with Crippen molar-refractivity contribution in [3.8, 4) is 23.3 Å². The third-order valence-electron chi connectivity index (χ3n) is 2.71. The van der Waals surface area contributed by atoms with Crippen molar-refractivity contribution < 1.29 is 19.0 Å². The maximum absolute atomic E-state index is 12.2.